The highest BCUT2D eigenvalue weighted by Gasteiger charge is 2.24. The van der Waals surface area contributed by atoms with Gasteiger partial charge in [0.2, 0.25) is 0 Å². The number of ether oxygens (including phenoxy) is 3. The summed E-state index contributed by atoms with van der Waals surface area (Å²) >= 11 is 0. The van der Waals surface area contributed by atoms with Crippen molar-refractivity contribution < 1.29 is 38.5 Å². The molecule has 0 aliphatic carbocycles. The Bertz CT molecular complexity index is 2410. The van der Waals surface area contributed by atoms with Crippen LogP contribution in [0.25, 0.3) is 44.4 Å². The number of carboxylic acids is 1. The number of aromatic nitrogens is 4. The largest absolute Gasteiger partial charge is 0.481 e. The number of nitrogens with one attached hydrogen (secondary N) is 2. The van der Waals surface area contributed by atoms with E-state index >= 15 is 0 Å². The fourth-order valence-corrected chi connectivity index (χ4v) is 7.85. The average molecular weight is 865 g/mol. The summed E-state index contributed by atoms with van der Waals surface area (Å²) in [5, 5.41) is 9.74. The third kappa shape index (κ3) is 13.3. The minimum Gasteiger partial charge on any atom is -0.481 e. The van der Waals surface area contributed by atoms with Crippen LogP contribution in [0.1, 0.15) is 158 Å². The molecule has 3 aromatic rings. The van der Waals surface area contributed by atoms with Crippen molar-refractivity contribution in [2.45, 2.75) is 140 Å². The molecule has 0 radical (unpaired) electrons. The first kappa shape index (κ1) is 48.5. The first-order chi connectivity index (χ1) is 29.9. The Labute approximate surface area is 372 Å². The molecule has 0 atom stereocenters. The molecule has 5 rings (SSSR count). The number of carbonyl (C=O) groups is 4. The maximum Gasteiger partial charge on any atom is 0.306 e. The number of esters is 3. The Balaban J connectivity index is 1.72. The second-order valence-corrected chi connectivity index (χ2v) is 18.3. The van der Waals surface area contributed by atoms with Gasteiger partial charge in [-0.15, -0.1) is 0 Å². The van der Waals surface area contributed by atoms with E-state index in [1.807, 2.05) is 52.0 Å². The van der Waals surface area contributed by atoms with E-state index in [2.05, 4.69) is 51.5 Å². The van der Waals surface area contributed by atoms with E-state index in [4.69, 9.17) is 24.2 Å². The molecule has 0 saturated heterocycles. The van der Waals surface area contributed by atoms with Crippen LogP contribution < -0.4 is 0 Å². The Morgan fingerprint density at radius 2 is 0.873 bits per heavy atom. The van der Waals surface area contributed by atoms with E-state index in [0.29, 0.717) is 86.0 Å². The maximum atomic E-state index is 13.0. The zero-order valence-electron chi connectivity index (χ0n) is 39.1. The number of nitrogens with zero attached hydrogens (tertiary/aromatic N) is 2. The van der Waals surface area contributed by atoms with Crippen molar-refractivity contribution in [1.82, 2.24) is 19.9 Å². The molecular formula is C51H68N4O8. The Morgan fingerprint density at radius 3 is 1.32 bits per heavy atom. The second-order valence-electron chi connectivity index (χ2n) is 18.3. The van der Waals surface area contributed by atoms with E-state index < -0.39 is 5.97 Å². The minimum absolute atomic E-state index is 0.0507. The minimum atomic E-state index is -0.892. The van der Waals surface area contributed by atoms with Crippen LogP contribution in [0.15, 0.2) is 24.3 Å². The molecule has 2 aliphatic rings. The average Bonchev–Trinajstić information content (AvgIpc) is 3.86. The monoisotopic (exact) mass is 865 g/mol. The Hall–Kier alpha value is -5.52. The molecule has 2 aliphatic heterocycles. The van der Waals surface area contributed by atoms with Crippen LogP contribution in [0, 0.1) is 31.6 Å². The molecular weight excluding hydrogens is 797 g/mol. The Morgan fingerprint density at radius 1 is 0.508 bits per heavy atom. The van der Waals surface area contributed by atoms with E-state index in [9.17, 15) is 24.3 Å². The van der Waals surface area contributed by atoms with Crippen molar-refractivity contribution >= 4 is 68.2 Å². The summed E-state index contributed by atoms with van der Waals surface area (Å²) in [7, 11) is 0. The van der Waals surface area contributed by atoms with Crippen LogP contribution in [-0.2, 0) is 46.2 Å². The van der Waals surface area contributed by atoms with Gasteiger partial charge in [-0.25, -0.2) is 9.97 Å². The summed E-state index contributed by atoms with van der Waals surface area (Å²) in [5.74, 6) is -0.429. The fraction of sp³-hybridized carbons (Fsp3) is 0.529. The van der Waals surface area contributed by atoms with Gasteiger partial charge in [0.1, 0.15) is 0 Å². The van der Waals surface area contributed by atoms with E-state index in [1.165, 1.54) is 0 Å². The number of carbonyl (C=O) groups excluding carboxylic acids is 3. The Kier molecular flexibility index (Phi) is 17.1. The summed E-state index contributed by atoms with van der Waals surface area (Å²) in [4.78, 5) is 68.4. The van der Waals surface area contributed by atoms with Gasteiger partial charge in [-0.2, -0.15) is 0 Å². The van der Waals surface area contributed by atoms with Gasteiger partial charge in [0.25, 0.3) is 0 Å². The zero-order valence-corrected chi connectivity index (χ0v) is 39.1. The lowest BCUT2D eigenvalue weighted by Crippen LogP contribution is -2.08. The molecule has 8 bridgehead atoms. The van der Waals surface area contributed by atoms with Crippen molar-refractivity contribution in [2.24, 2.45) is 17.8 Å². The summed E-state index contributed by atoms with van der Waals surface area (Å²) < 4.78 is 16.8. The molecule has 0 fully saturated rings. The van der Waals surface area contributed by atoms with Gasteiger partial charge < -0.3 is 29.3 Å². The lowest BCUT2D eigenvalue weighted by atomic mass is 9.98. The van der Waals surface area contributed by atoms with Gasteiger partial charge in [-0.3, -0.25) is 19.2 Å². The molecule has 12 heteroatoms. The van der Waals surface area contributed by atoms with E-state index in [1.54, 1.807) is 0 Å². The molecule has 0 spiro atoms. The number of rotatable bonds is 21. The summed E-state index contributed by atoms with van der Waals surface area (Å²) in [6, 6.07) is 7.96. The highest BCUT2D eigenvalue weighted by molar-refractivity contribution is 5.96. The van der Waals surface area contributed by atoms with Crippen LogP contribution in [0.3, 0.4) is 0 Å². The SMILES string of the molecule is CC1=C(CCC(=O)OCCC(C)C)c2cc3nc(cc4[nH]c(cc5[nH]c(cc1n2)c(CCC(=O)OCCC(C)C)c5C)c(CCC(=O)O)c4C)C(CCC(=O)OCCC(C)C)=C3C. The first-order valence-electron chi connectivity index (χ1n) is 22.7. The number of H-pyrrole nitrogens is 2. The van der Waals surface area contributed by atoms with Crippen LogP contribution in [-0.4, -0.2) is 68.7 Å². The molecule has 5 heterocycles. The number of carboxylic acid groups (broad SMARTS) is 1. The number of allylic oxidation sites excluding steroid dienone is 4. The van der Waals surface area contributed by atoms with Gasteiger partial charge in [0, 0.05) is 47.8 Å². The molecule has 12 nitrogen and oxygen atoms in total. The van der Waals surface area contributed by atoms with Crippen molar-refractivity contribution in [3.63, 3.8) is 0 Å². The predicted octanol–water partition coefficient (Wildman–Crippen LogP) is 11.1. The maximum absolute atomic E-state index is 13.0. The quantitative estimate of drug-likeness (QED) is 0.0691. The lowest BCUT2D eigenvalue weighted by Gasteiger charge is -2.08. The number of hydrogen-bond acceptors (Lipinski definition) is 9. The molecule has 63 heavy (non-hydrogen) atoms. The number of aryl methyl sites for hydroxylation is 4. The highest BCUT2D eigenvalue weighted by Crippen LogP contribution is 2.38. The number of fused-ring (bicyclic) bond motifs is 8. The smallest absolute Gasteiger partial charge is 0.306 e. The molecule has 0 unspecified atom stereocenters. The number of hydrogen-bond donors (Lipinski definition) is 3. The summed E-state index contributed by atoms with van der Waals surface area (Å²) in [5.41, 5.74) is 13.2. The summed E-state index contributed by atoms with van der Waals surface area (Å²) in [6.45, 7) is 21.7. The normalized spacial score (nSPS) is 12.8. The topological polar surface area (TPSA) is 174 Å². The van der Waals surface area contributed by atoms with Crippen LogP contribution in [0.5, 0.6) is 0 Å². The fourth-order valence-electron chi connectivity index (χ4n) is 7.85. The molecule has 0 amide bonds. The molecule has 0 saturated carbocycles. The first-order valence-corrected chi connectivity index (χ1v) is 22.7. The zero-order chi connectivity index (χ0) is 46.0. The molecule has 3 aromatic heterocycles. The molecule has 340 valence electrons. The van der Waals surface area contributed by atoms with Crippen molar-refractivity contribution in [3.05, 3.63) is 69.3 Å². The molecule has 0 aromatic carbocycles. The summed E-state index contributed by atoms with van der Waals surface area (Å²) in [6.07, 6.45) is 4.44. The van der Waals surface area contributed by atoms with Gasteiger partial charge in [-0.05, 0) is 159 Å². The van der Waals surface area contributed by atoms with E-state index in [0.717, 1.165) is 85.9 Å². The van der Waals surface area contributed by atoms with Gasteiger partial charge in [0.05, 0.1) is 42.6 Å². The van der Waals surface area contributed by atoms with Crippen LogP contribution in [0.4, 0.5) is 0 Å². The number of aliphatic carboxylic acids is 1. The predicted molar refractivity (Wildman–Crippen MR) is 249 cm³/mol. The second kappa shape index (κ2) is 22.2. The standard InChI is InChI=1S/C51H68N4O8/c1-29(2)19-22-61-49(58)16-12-37-33(8)41-25-44-36(11-15-48(56)57)32(7)40(52-44)26-45-38(13-17-50(59)62-23-20-30(3)4)34(9)42(54-45)28-47-39(14-18-51(60)63-24-21-31(5)6)35(10)43(55-47)27-46(37)53-41/h25-31,52-53H,11-24H2,1-10H3,(H,56,57). The lowest BCUT2D eigenvalue weighted by molar-refractivity contribution is -0.144. The molecule has 3 N–H and O–H groups in total. The van der Waals surface area contributed by atoms with Crippen molar-refractivity contribution in [3.8, 4) is 0 Å². The van der Waals surface area contributed by atoms with Crippen molar-refractivity contribution in [1.29, 1.82) is 0 Å². The third-order valence-electron chi connectivity index (χ3n) is 12.0. The van der Waals surface area contributed by atoms with Gasteiger partial charge in [-0.1, -0.05) is 41.5 Å². The van der Waals surface area contributed by atoms with Crippen LogP contribution in [0.2, 0.25) is 0 Å². The van der Waals surface area contributed by atoms with E-state index in [-0.39, 0.29) is 43.6 Å². The van der Waals surface area contributed by atoms with Gasteiger partial charge in [0.15, 0.2) is 0 Å². The highest BCUT2D eigenvalue weighted by atomic mass is 16.5. The van der Waals surface area contributed by atoms with Crippen LogP contribution >= 0.6 is 0 Å². The third-order valence-corrected chi connectivity index (χ3v) is 12.0. The van der Waals surface area contributed by atoms with Gasteiger partial charge >= 0.3 is 23.9 Å². The van der Waals surface area contributed by atoms with Crippen molar-refractivity contribution in [2.75, 3.05) is 19.8 Å². The number of aromatic amines is 2.